The van der Waals surface area contributed by atoms with Crippen LogP contribution in [0.2, 0.25) is 0 Å². The number of aryl methyl sites for hydroxylation is 1. The maximum Gasteiger partial charge on any atom is 0.406 e. The van der Waals surface area contributed by atoms with Crippen LogP contribution in [0.5, 0.6) is 5.75 Å². The zero-order valence-corrected chi connectivity index (χ0v) is 14.4. The Morgan fingerprint density at radius 2 is 1.77 bits per heavy atom. The number of carbonyl (C=O) groups excluding carboxylic acids is 1. The Morgan fingerprint density at radius 3 is 2.50 bits per heavy atom. The van der Waals surface area contributed by atoms with Crippen LogP contribution in [-0.2, 0) is 6.54 Å². The van der Waals surface area contributed by atoms with Crippen molar-refractivity contribution in [1.29, 1.82) is 0 Å². The summed E-state index contributed by atoms with van der Waals surface area (Å²) in [4.78, 5) is 12.5. The summed E-state index contributed by atoms with van der Waals surface area (Å²) in [5.74, 6) is 0.222. The topological polar surface area (TPSA) is 31.2 Å². The van der Waals surface area contributed by atoms with Crippen LogP contribution in [0.25, 0.3) is 10.8 Å². The maximum atomic E-state index is 12.7. The molecule has 0 radical (unpaired) electrons. The minimum Gasteiger partial charge on any atom is -0.485 e. The zero-order chi connectivity index (χ0) is 18.9. The smallest absolute Gasteiger partial charge is 0.406 e. The van der Waals surface area contributed by atoms with Gasteiger partial charge in [0.05, 0.1) is 0 Å². The number of aromatic nitrogens is 1. The van der Waals surface area contributed by atoms with Crippen LogP contribution in [0.4, 0.5) is 13.2 Å². The summed E-state index contributed by atoms with van der Waals surface area (Å²) in [5, 5.41) is 1.87. The highest BCUT2D eigenvalue weighted by Crippen LogP contribution is 2.26. The third-order valence-corrected chi connectivity index (χ3v) is 4.32. The first kappa shape index (κ1) is 18.0. The first-order valence-electron chi connectivity index (χ1n) is 8.13. The molecular weight excluding hydrogens is 343 g/mol. The van der Waals surface area contributed by atoms with E-state index in [-0.39, 0.29) is 18.0 Å². The summed E-state index contributed by atoms with van der Waals surface area (Å²) in [6.45, 7) is 1.73. The van der Waals surface area contributed by atoms with E-state index in [1.807, 2.05) is 36.4 Å². The van der Waals surface area contributed by atoms with Gasteiger partial charge in [-0.25, -0.2) is 0 Å². The molecule has 0 unspecified atom stereocenters. The molecular formula is C20H18F3NO2. The van der Waals surface area contributed by atoms with Gasteiger partial charge in [0.25, 0.3) is 0 Å². The molecule has 0 aliphatic heterocycles. The van der Waals surface area contributed by atoms with E-state index in [9.17, 15) is 18.0 Å². The van der Waals surface area contributed by atoms with Crippen molar-refractivity contribution in [3.63, 3.8) is 0 Å². The van der Waals surface area contributed by atoms with E-state index < -0.39 is 12.7 Å². The monoisotopic (exact) mass is 361 g/mol. The van der Waals surface area contributed by atoms with Crippen molar-refractivity contribution in [1.82, 2.24) is 4.57 Å². The lowest BCUT2D eigenvalue weighted by molar-refractivity contribution is -0.141. The van der Waals surface area contributed by atoms with Crippen LogP contribution in [-0.4, -0.2) is 23.1 Å². The quantitative estimate of drug-likeness (QED) is 0.593. The molecule has 0 fully saturated rings. The van der Waals surface area contributed by atoms with Gasteiger partial charge in [0.2, 0.25) is 5.78 Å². The second-order valence-corrected chi connectivity index (χ2v) is 6.18. The zero-order valence-electron chi connectivity index (χ0n) is 14.4. The second kappa shape index (κ2) is 6.86. The summed E-state index contributed by atoms with van der Waals surface area (Å²) in [7, 11) is 0. The number of alkyl halides is 3. The molecule has 0 bridgehead atoms. The lowest BCUT2D eigenvalue weighted by atomic mass is 10.1. The number of ketones is 1. The molecule has 6 heteroatoms. The first-order chi connectivity index (χ1) is 12.3. The fourth-order valence-electron chi connectivity index (χ4n) is 3.05. The Balaban J connectivity index is 1.79. The van der Waals surface area contributed by atoms with E-state index >= 15 is 0 Å². The van der Waals surface area contributed by atoms with Crippen molar-refractivity contribution >= 4 is 16.6 Å². The van der Waals surface area contributed by atoms with Crippen LogP contribution in [0.15, 0.2) is 48.5 Å². The van der Waals surface area contributed by atoms with Crippen LogP contribution >= 0.6 is 0 Å². The van der Waals surface area contributed by atoms with Gasteiger partial charge in [-0.05, 0) is 31.4 Å². The van der Waals surface area contributed by atoms with Crippen LogP contribution < -0.4 is 4.74 Å². The van der Waals surface area contributed by atoms with Gasteiger partial charge in [-0.15, -0.1) is 0 Å². The van der Waals surface area contributed by atoms with E-state index in [1.54, 1.807) is 13.0 Å². The van der Waals surface area contributed by atoms with Crippen molar-refractivity contribution in [2.45, 2.75) is 26.6 Å². The normalized spacial score (nSPS) is 11.7. The van der Waals surface area contributed by atoms with Crippen molar-refractivity contribution in [2.75, 3.05) is 6.61 Å². The molecule has 3 aromatic rings. The number of halogens is 3. The number of nitrogens with zero attached hydrogens (tertiary/aromatic N) is 1. The number of benzene rings is 2. The summed E-state index contributed by atoms with van der Waals surface area (Å²) in [5.41, 5.74) is 0.951. The van der Waals surface area contributed by atoms with Gasteiger partial charge in [-0.1, -0.05) is 36.4 Å². The van der Waals surface area contributed by atoms with Crippen LogP contribution in [0.3, 0.4) is 0 Å². The number of carbonyl (C=O) groups is 1. The lowest BCUT2D eigenvalue weighted by Gasteiger charge is -2.12. The summed E-state index contributed by atoms with van der Waals surface area (Å²) >= 11 is 0. The van der Waals surface area contributed by atoms with E-state index in [4.69, 9.17) is 4.74 Å². The number of hydrogen-bond acceptors (Lipinski definition) is 2. The van der Waals surface area contributed by atoms with Gasteiger partial charge in [0, 0.05) is 22.3 Å². The van der Waals surface area contributed by atoms with Gasteiger partial charge in [0.15, 0.2) is 6.61 Å². The van der Waals surface area contributed by atoms with E-state index in [0.717, 1.165) is 15.3 Å². The third-order valence-electron chi connectivity index (χ3n) is 4.32. The summed E-state index contributed by atoms with van der Waals surface area (Å²) in [6, 6.07) is 14.6. The molecule has 0 saturated carbocycles. The molecule has 0 aliphatic rings. The molecule has 3 nitrogen and oxygen atoms in total. The molecule has 0 atom stereocenters. The van der Waals surface area contributed by atoms with Crippen molar-refractivity contribution < 1.29 is 22.7 Å². The Bertz CT molecular complexity index is 952. The Labute approximate surface area is 149 Å². The predicted octanol–water partition coefficient (Wildman–Crippen LogP) is 5.08. The lowest BCUT2D eigenvalue weighted by Crippen LogP contribution is -2.20. The first-order valence-corrected chi connectivity index (χ1v) is 8.13. The fraction of sp³-hybridized carbons (Fsp3) is 0.250. The predicted molar refractivity (Wildman–Crippen MR) is 93.7 cm³/mol. The van der Waals surface area contributed by atoms with Crippen molar-refractivity contribution in [3.8, 4) is 5.75 Å². The number of hydrogen-bond donors (Lipinski definition) is 0. The summed E-state index contributed by atoms with van der Waals surface area (Å²) in [6.07, 6.45) is -4.34. The third kappa shape index (κ3) is 3.74. The van der Waals surface area contributed by atoms with Crippen molar-refractivity contribution in [3.05, 3.63) is 65.5 Å². The highest BCUT2D eigenvalue weighted by molar-refractivity contribution is 5.99. The molecule has 0 aliphatic carbocycles. The molecule has 26 heavy (non-hydrogen) atoms. The highest BCUT2D eigenvalue weighted by Gasteiger charge is 2.30. The van der Waals surface area contributed by atoms with Gasteiger partial charge < -0.3 is 9.30 Å². The van der Waals surface area contributed by atoms with Crippen LogP contribution in [0, 0.1) is 13.8 Å². The number of fused-ring (bicyclic) bond motifs is 1. The molecule has 1 heterocycles. The molecule has 0 amide bonds. The Morgan fingerprint density at radius 1 is 1.08 bits per heavy atom. The Hall–Kier alpha value is -2.76. The molecule has 2 aromatic carbocycles. The number of Topliss-reactive ketones (excluding diaryl/α,β-unsaturated/α-hetero) is 1. The SMILES string of the molecule is Cc1cc(C(=O)COc2cccc3ccccc23)c(C)n1CC(F)(F)F. The average molecular weight is 361 g/mol. The standard InChI is InChI=1S/C20H18F3NO2/c1-13-10-17(14(2)24(13)12-20(21,22)23)18(25)11-26-19-9-5-7-15-6-3-4-8-16(15)19/h3-10H,11-12H2,1-2H3. The van der Waals surface area contributed by atoms with E-state index in [1.165, 1.54) is 13.0 Å². The second-order valence-electron chi connectivity index (χ2n) is 6.18. The molecule has 0 N–H and O–H groups in total. The maximum absolute atomic E-state index is 12.7. The Kier molecular flexibility index (Phi) is 4.76. The highest BCUT2D eigenvalue weighted by atomic mass is 19.4. The van der Waals surface area contributed by atoms with Gasteiger partial charge in [-0.3, -0.25) is 4.79 Å². The van der Waals surface area contributed by atoms with Crippen LogP contribution in [0.1, 0.15) is 21.7 Å². The fourth-order valence-corrected chi connectivity index (χ4v) is 3.05. The summed E-state index contributed by atoms with van der Waals surface area (Å²) < 4.78 is 44.9. The minimum atomic E-state index is -4.34. The molecule has 0 spiro atoms. The average Bonchev–Trinajstić information content (AvgIpc) is 2.86. The van der Waals surface area contributed by atoms with Crippen molar-refractivity contribution in [2.24, 2.45) is 0 Å². The van der Waals surface area contributed by atoms with E-state index in [0.29, 0.717) is 17.1 Å². The van der Waals surface area contributed by atoms with Gasteiger partial charge in [-0.2, -0.15) is 13.2 Å². The molecule has 3 rings (SSSR count). The minimum absolute atomic E-state index is 0.232. The van der Waals surface area contributed by atoms with Gasteiger partial charge >= 0.3 is 6.18 Å². The molecule has 0 saturated heterocycles. The van der Waals surface area contributed by atoms with E-state index in [2.05, 4.69) is 0 Å². The number of rotatable bonds is 5. The number of ether oxygens (including phenoxy) is 1. The molecule has 1 aromatic heterocycles. The van der Waals surface area contributed by atoms with Gasteiger partial charge in [0.1, 0.15) is 12.3 Å². The molecule has 136 valence electrons. The largest absolute Gasteiger partial charge is 0.485 e.